The number of carbonyl (C=O) groups excluding carboxylic acids is 1. The Morgan fingerprint density at radius 2 is 1.71 bits per heavy atom. The summed E-state index contributed by atoms with van der Waals surface area (Å²) in [6.45, 7) is 0.877. The summed E-state index contributed by atoms with van der Waals surface area (Å²) in [6, 6.07) is 13.0. The van der Waals surface area contributed by atoms with Gasteiger partial charge < -0.3 is 15.3 Å². The molecule has 1 aliphatic heterocycles. The van der Waals surface area contributed by atoms with Crippen LogP contribution in [0.4, 0.5) is 23.7 Å². The van der Waals surface area contributed by atoms with Gasteiger partial charge in [0.25, 0.3) is 5.91 Å². The number of anilines is 1. The van der Waals surface area contributed by atoms with Crippen molar-refractivity contribution in [3.63, 3.8) is 0 Å². The third-order valence-corrected chi connectivity index (χ3v) is 6.05. The third-order valence-electron chi connectivity index (χ3n) is 5.73. The van der Waals surface area contributed by atoms with Crippen molar-refractivity contribution in [2.24, 2.45) is 0 Å². The number of carbonyl (C=O) groups is 2. The van der Waals surface area contributed by atoms with Crippen molar-refractivity contribution in [3.05, 3.63) is 76.6 Å². The molecule has 1 aromatic heterocycles. The second kappa shape index (κ2) is 9.38. The van der Waals surface area contributed by atoms with E-state index < -0.39 is 29.4 Å². The molecule has 2 amide bonds. The number of likely N-dealkylation sites (tertiary alicyclic amines) is 1. The first-order chi connectivity index (χ1) is 16.1. The van der Waals surface area contributed by atoms with Crippen molar-refractivity contribution in [1.29, 1.82) is 0 Å². The van der Waals surface area contributed by atoms with E-state index in [1.807, 2.05) is 0 Å². The van der Waals surface area contributed by atoms with Crippen LogP contribution in [0.2, 0.25) is 5.02 Å². The number of nitrogens with one attached hydrogen (secondary N) is 1. The molecular formula is C23H20ClF3N4O3. The highest BCUT2D eigenvalue weighted by Gasteiger charge is 2.39. The molecule has 7 nitrogen and oxygen atoms in total. The topological polar surface area (TPSA) is 87.5 Å². The minimum atomic E-state index is -4.84. The van der Waals surface area contributed by atoms with Gasteiger partial charge in [0, 0.05) is 25.0 Å². The molecule has 4 rings (SSSR count). The highest BCUT2D eigenvalue weighted by Crippen LogP contribution is 2.33. The van der Waals surface area contributed by atoms with Crippen LogP contribution in [0.3, 0.4) is 0 Å². The van der Waals surface area contributed by atoms with Crippen molar-refractivity contribution < 1.29 is 27.9 Å². The average Bonchev–Trinajstić information content (AvgIpc) is 3.26. The maximum atomic E-state index is 13.6. The van der Waals surface area contributed by atoms with Gasteiger partial charge in [0.05, 0.1) is 16.3 Å². The molecule has 0 radical (unpaired) electrons. The lowest BCUT2D eigenvalue weighted by atomic mass is 9.89. The highest BCUT2D eigenvalue weighted by atomic mass is 35.5. The largest absolute Gasteiger partial charge is 0.465 e. The Balaban J connectivity index is 1.51. The first kappa shape index (κ1) is 23.6. The van der Waals surface area contributed by atoms with Crippen LogP contribution in [-0.4, -0.2) is 44.9 Å². The Morgan fingerprint density at radius 1 is 1.06 bits per heavy atom. The number of rotatable bonds is 4. The van der Waals surface area contributed by atoms with Crippen LogP contribution in [0.25, 0.3) is 5.69 Å². The molecule has 0 saturated carbocycles. The number of amides is 2. The molecule has 3 aromatic rings. The summed E-state index contributed by atoms with van der Waals surface area (Å²) in [5.74, 6) is -0.779. The van der Waals surface area contributed by atoms with Crippen molar-refractivity contribution >= 4 is 29.3 Å². The number of hydrogen-bond donors (Lipinski definition) is 2. The quantitative estimate of drug-likeness (QED) is 0.492. The summed E-state index contributed by atoms with van der Waals surface area (Å²) in [5, 5.41) is 15.3. The predicted molar refractivity (Wildman–Crippen MR) is 120 cm³/mol. The van der Waals surface area contributed by atoms with Gasteiger partial charge in [-0.15, -0.1) is 0 Å². The summed E-state index contributed by atoms with van der Waals surface area (Å²) >= 11 is 6.07. The first-order valence-corrected chi connectivity index (χ1v) is 10.8. The van der Waals surface area contributed by atoms with Crippen molar-refractivity contribution in [2.45, 2.75) is 24.9 Å². The number of hydrogen-bond acceptors (Lipinski definition) is 3. The zero-order valence-electron chi connectivity index (χ0n) is 17.7. The number of para-hydroxylation sites is 1. The van der Waals surface area contributed by atoms with Crippen LogP contribution in [0.15, 0.2) is 54.7 Å². The van der Waals surface area contributed by atoms with E-state index in [2.05, 4.69) is 10.4 Å². The summed E-state index contributed by atoms with van der Waals surface area (Å²) < 4.78 is 41.7. The van der Waals surface area contributed by atoms with Crippen molar-refractivity contribution in [1.82, 2.24) is 14.7 Å². The molecule has 2 aromatic carbocycles. The van der Waals surface area contributed by atoms with Crippen molar-refractivity contribution in [2.75, 3.05) is 18.4 Å². The van der Waals surface area contributed by atoms with E-state index >= 15 is 0 Å². The van der Waals surface area contributed by atoms with Gasteiger partial charge in [-0.25, -0.2) is 9.48 Å². The fourth-order valence-electron chi connectivity index (χ4n) is 3.95. The lowest BCUT2D eigenvalue weighted by Crippen LogP contribution is -2.36. The minimum Gasteiger partial charge on any atom is -0.465 e. The maximum Gasteiger partial charge on any atom is 0.435 e. The maximum absolute atomic E-state index is 13.6. The van der Waals surface area contributed by atoms with Gasteiger partial charge in [-0.3, -0.25) is 4.79 Å². The van der Waals surface area contributed by atoms with Crippen LogP contribution in [0.1, 0.15) is 40.4 Å². The Bertz CT molecular complexity index is 1200. The second-order valence-corrected chi connectivity index (χ2v) is 8.31. The van der Waals surface area contributed by atoms with E-state index in [1.165, 1.54) is 17.0 Å². The Morgan fingerprint density at radius 3 is 2.29 bits per heavy atom. The monoisotopic (exact) mass is 492 g/mol. The average molecular weight is 493 g/mol. The molecule has 1 aliphatic rings. The number of piperidine rings is 1. The van der Waals surface area contributed by atoms with Crippen LogP contribution in [0.5, 0.6) is 0 Å². The molecule has 1 fully saturated rings. The van der Waals surface area contributed by atoms with E-state index in [0.717, 1.165) is 16.4 Å². The molecule has 0 unspecified atom stereocenters. The molecule has 2 N–H and O–H groups in total. The summed E-state index contributed by atoms with van der Waals surface area (Å²) in [6.07, 6.45) is -3.42. The Kier molecular flexibility index (Phi) is 6.52. The van der Waals surface area contributed by atoms with E-state index in [4.69, 9.17) is 16.7 Å². The lowest BCUT2D eigenvalue weighted by molar-refractivity contribution is -0.141. The second-order valence-electron chi connectivity index (χ2n) is 7.91. The Hall–Kier alpha value is -3.53. The van der Waals surface area contributed by atoms with Crippen LogP contribution in [0, 0.1) is 0 Å². The van der Waals surface area contributed by atoms with E-state index in [0.29, 0.717) is 31.6 Å². The summed E-state index contributed by atoms with van der Waals surface area (Å²) in [4.78, 5) is 25.2. The van der Waals surface area contributed by atoms with Gasteiger partial charge in [-0.1, -0.05) is 35.9 Å². The number of nitrogens with zero attached hydrogens (tertiary/aromatic N) is 3. The Labute approximate surface area is 197 Å². The van der Waals surface area contributed by atoms with Gasteiger partial charge in [0.15, 0.2) is 5.69 Å². The third kappa shape index (κ3) is 5.01. The lowest BCUT2D eigenvalue weighted by Gasteiger charge is -2.30. The number of benzene rings is 2. The molecule has 0 bridgehead atoms. The summed E-state index contributed by atoms with van der Waals surface area (Å²) in [7, 11) is 0. The van der Waals surface area contributed by atoms with Gasteiger partial charge in [0.2, 0.25) is 0 Å². The molecule has 1 saturated heterocycles. The van der Waals surface area contributed by atoms with Crippen molar-refractivity contribution in [3.8, 4) is 5.69 Å². The highest BCUT2D eigenvalue weighted by molar-refractivity contribution is 6.32. The molecule has 0 spiro atoms. The fourth-order valence-corrected chi connectivity index (χ4v) is 4.17. The molecule has 11 heteroatoms. The normalized spacial score (nSPS) is 14.8. The fraction of sp³-hybridized carbons (Fsp3) is 0.261. The van der Waals surface area contributed by atoms with Gasteiger partial charge in [0.1, 0.15) is 0 Å². The zero-order chi connectivity index (χ0) is 24.5. The molecule has 34 heavy (non-hydrogen) atoms. The van der Waals surface area contributed by atoms with E-state index in [-0.39, 0.29) is 16.6 Å². The van der Waals surface area contributed by atoms with Crippen LogP contribution in [-0.2, 0) is 6.18 Å². The van der Waals surface area contributed by atoms with E-state index in [1.54, 1.807) is 36.4 Å². The zero-order valence-corrected chi connectivity index (χ0v) is 18.5. The molecule has 178 valence electrons. The molecular weight excluding hydrogens is 473 g/mol. The van der Waals surface area contributed by atoms with Gasteiger partial charge >= 0.3 is 12.3 Å². The molecule has 0 aliphatic carbocycles. The predicted octanol–water partition coefficient (Wildman–Crippen LogP) is 5.65. The smallest absolute Gasteiger partial charge is 0.435 e. The van der Waals surface area contributed by atoms with Gasteiger partial charge in [-0.05, 0) is 48.6 Å². The summed E-state index contributed by atoms with van der Waals surface area (Å²) in [5.41, 5.74) is -0.419. The van der Waals surface area contributed by atoms with Crippen LogP contribution >= 0.6 is 11.6 Å². The number of halogens is 4. The SMILES string of the molecule is O=C(Nc1ccc(C2CCN(C(=O)O)CC2)cc1)c1cn(-c2ccccc2Cl)nc1C(F)(F)F. The van der Waals surface area contributed by atoms with E-state index in [9.17, 15) is 22.8 Å². The number of alkyl halides is 3. The molecule has 2 heterocycles. The number of aromatic nitrogens is 2. The number of carboxylic acid groups (broad SMARTS) is 1. The first-order valence-electron chi connectivity index (χ1n) is 10.4. The van der Waals surface area contributed by atoms with Gasteiger partial charge in [-0.2, -0.15) is 18.3 Å². The molecule has 0 atom stereocenters. The minimum absolute atomic E-state index is 0.172. The van der Waals surface area contributed by atoms with Crippen LogP contribution < -0.4 is 5.32 Å². The standard InChI is InChI=1S/C23H20ClF3N4O3/c24-18-3-1-2-4-19(18)31-13-17(20(29-31)23(25,26)27)21(32)28-16-7-5-14(6-8-16)15-9-11-30(12-10-15)22(33)34/h1-8,13,15H,9-12H2,(H,28,32)(H,33,34).